The van der Waals surface area contributed by atoms with E-state index in [9.17, 15) is 39.5 Å². The summed E-state index contributed by atoms with van der Waals surface area (Å²) < 4.78 is 303. The van der Waals surface area contributed by atoms with Crippen LogP contribution in [0, 0.1) is 111 Å². The van der Waals surface area contributed by atoms with Crippen LogP contribution in [0.3, 0.4) is 0 Å². The van der Waals surface area contributed by atoms with Crippen LogP contribution in [0.25, 0.3) is 0 Å². The second-order valence-corrected chi connectivity index (χ2v) is 14.1. The van der Waals surface area contributed by atoms with Gasteiger partial charge >= 0.3 is 8.56 Å². The van der Waals surface area contributed by atoms with E-state index in [4.69, 9.17) is 8.85 Å². The van der Waals surface area contributed by atoms with E-state index >= 15 is 43.9 Å². The van der Waals surface area contributed by atoms with Gasteiger partial charge in [-0.3, -0.25) is 0 Å². The minimum absolute atomic E-state index is 0.586. The molecule has 2 nitrogen and oxygen atoms in total. The van der Waals surface area contributed by atoms with E-state index in [1.54, 1.807) is 0 Å². The van der Waals surface area contributed by atoms with Crippen LogP contribution in [-0.4, -0.2) is 27.9 Å². The normalized spacial score (nSPS) is 12.3. The highest BCUT2D eigenvalue weighted by Crippen LogP contribution is 2.31. The zero-order valence-electron chi connectivity index (χ0n) is 26.2. The molecule has 4 aromatic rings. The average Bonchev–Trinajstić information content (AvgIpc) is 3.12. The minimum atomic E-state index is -7.18. The van der Waals surface area contributed by atoms with Crippen LogP contribution < -0.4 is 27.0 Å². The molecule has 0 saturated carbocycles. The van der Waals surface area contributed by atoms with Crippen molar-refractivity contribution in [1.29, 1.82) is 0 Å². The first-order chi connectivity index (χ1) is 24.6. The Labute approximate surface area is 284 Å². The smallest absolute Gasteiger partial charge is 0.378 e. The summed E-state index contributed by atoms with van der Waals surface area (Å²) in [6, 6.07) is -0.718. The third-order valence-corrected chi connectivity index (χ3v) is 12.0. The molecule has 0 fully saturated rings. The monoisotopic (exact) mass is 807 g/mol. The third kappa shape index (κ3) is 5.67. The Morgan fingerprint density at radius 3 is 0.698 bits per heavy atom. The molecule has 4 aromatic carbocycles. The maximum atomic E-state index is 16.7. The van der Waals surface area contributed by atoms with E-state index in [0.717, 1.165) is 20.8 Å². The quantitative estimate of drug-likeness (QED) is 0.0795. The van der Waals surface area contributed by atoms with E-state index in [1.807, 2.05) is 0 Å². The summed E-state index contributed by atoms with van der Waals surface area (Å²) in [6.07, 6.45) is -7.18. The molecular formula is C30H15BF19O2Si-. The standard InChI is InChI=1S/C30H15BF19O2Si/c1-4-51-53(6-3,52-5-2)30-28(49)17(38)10(18(39)29(30)50)31(7-11(32)19(40)25(46)20(41)12(7)33,8-13(34)21(42)26(47)22(43)14(8)35)9-15(36)23(44)27(48)24(45)16(9)37/h4-6H2,1-3H3/q-1. The van der Waals surface area contributed by atoms with Gasteiger partial charge in [-0.15, -0.1) is 21.9 Å². The highest BCUT2D eigenvalue weighted by atomic mass is 28.4. The molecule has 288 valence electrons. The van der Waals surface area contributed by atoms with Crippen molar-refractivity contribution in [1.82, 2.24) is 0 Å². The number of halogens is 19. The molecule has 0 spiro atoms. The largest absolute Gasteiger partial charge is 0.391 e. The maximum Gasteiger partial charge on any atom is 0.378 e. The van der Waals surface area contributed by atoms with E-state index in [0.29, 0.717) is 0 Å². The molecule has 0 aliphatic carbocycles. The van der Waals surface area contributed by atoms with Crippen molar-refractivity contribution in [3.8, 4) is 0 Å². The van der Waals surface area contributed by atoms with Crippen molar-refractivity contribution in [2.24, 2.45) is 0 Å². The molecule has 0 aliphatic rings. The van der Waals surface area contributed by atoms with Crippen LogP contribution in [-0.2, 0) is 8.85 Å². The lowest BCUT2D eigenvalue weighted by atomic mass is 9.12. The minimum Gasteiger partial charge on any atom is -0.391 e. The Balaban J connectivity index is 2.65. The molecule has 0 heterocycles. The predicted molar refractivity (Wildman–Crippen MR) is 148 cm³/mol. The molecule has 23 heteroatoms. The zero-order chi connectivity index (χ0) is 40.4. The maximum absolute atomic E-state index is 16.7. The number of benzene rings is 4. The second-order valence-electron chi connectivity index (χ2n) is 10.8. The molecule has 0 atom stereocenters. The van der Waals surface area contributed by atoms with Gasteiger partial charge < -0.3 is 8.85 Å². The van der Waals surface area contributed by atoms with Crippen molar-refractivity contribution in [3.63, 3.8) is 0 Å². The fraction of sp³-hybridized carbons (Fsp3) is 0.200. The second kappa shape index (κ2) is 14.5. The summed E-state index contributed by atoms with van der Waals surface area (Å²) >= 11 is 0. The molecule has 0 saturated heterocycles. The topological polar surface area (TPSA) is 18.5 Å². The first-order valence-electron chi connectivity index (χ1n) is 14.5. The molecule has 0 amide bonds. The Morgan fingerprint density at radius 2 is 0.509 bits per heavy atom. The van der Waals surface area contributed by atoms with Gasteiger partial charge in [0.15, 0.2) is 64.0 Å². The third-order valence-electron chi connectivity index (χ3n) is 8.36. The average molecular weight is 807 g/mol. The van der Waals surface area contributed by atoms with Crippen LogP contribution in [0.4, 0.5) is 83.4 Å². The summed E-state index contributed by atoms with van der Waals surface area (Å²) in [5, 5.41) is -1.93. The van der Waals surface area contributed by atoms with Crippen molar-refractivity contribution in [2.75, 3.05) is 13.2 Å². The summed E-state index contributed by atoms with van der Waals surface area (Å²) in [5.41, 5.74) is -13.9. The van der Waals surface area contributed by atoms with E-state index < -0.39 is 172 Å². The molecule has 0 radical (unpaired) electrons. The summed E-state index contributed by atoms with van der Waals surface area (Å²) in [5.74, 6) is -65.5. The van der Waals surface area contributed by atoms with E-state index in [-0.39, 0.29) is 0 Å². The molecule has 53 heavy (non-hydrogen) atoms. The van der Waals surface area contributed by atoms with Crippen molar-refractivity contribution >= 4 is 41.7 Å². The van der Waals surface area contributed by atoms with Gasteiger partial charge in [0.05, 0.1) is 5.19 Å². The molecule has 0 bridgehead atoms. The molecule has 0 unspecified atom stereocenters. The van der Waals surface area contributed by atoms with Crippen LogP contribution >= 0.6 is 0 Å². The fourth-order valence-corrected chi connectivity index (χ4v) is 9.22. The molecule has 0 aliphatic heterocycles. The first-order valence-corrected chi connectivity index (χ1v) is 16.5. The highest BCUT2D eigenvalue weighted by Gasteiger charge is 2.54. The van der Waals surface area contributed by atoms with E-state index in [1.165, 1.54) is 0 Å². The molecular weight excluding hydrogens is 792 g/mol. The van der Waals surface area contributed by atoms with Gasteiger partial charge in [-0.25, -0.2) is 83.4 Å². The Hall–Kier alpha value is -4.25. The SMILES string of the molecule is CCO[Si](CC)(OCC)c1c(F)c(F)c([B-](c2c(F)c(F)c(F)c(F)c2F)(c2c(F)c(F)c(F)c(F)c2F)c2c(F)c(F)c(F)c(F)c2F)c(F)c1F. The highest BCUT2D eigenvalue weighted by molar-refractivity contribution is 7.20. The lowest BCUT2D eigenvalue weighted by Crippen LogP contribution is -2.81. The Kier molecular flexibility index (Phi) is 11.4. The number of hydrogen-bond acceptors (Lipinski definition) is 2. The summed E-state index contributed by atoms with van der Waals surface area (Å²) in [6.45, 7) is 2.13. The van der Waals surface area contributed by atoms with Gasteiger partial charge in [-0.05, 0) is 19.9 Å². The van der Waals surface area contributed by atoms with E-state index in [2.05, 4.69) is 0 Å². The van der Waals surface area contributed by atoms with Gasteiger partial charge in [0, 0.05) is 13.2 Å². The van der Waals surface area contributed by atoms with Crippen molar-refractivity contribution in [3.05, 3.63) is 111 Å². The molecule has 0 N–H and O–H groups in total. The number of rotatable bonds is 10. The Bertz CT molecular complexity index is 1890. The lowest BCUT2D eigenvalue weighted by molar-refractivity contribution is 0.194. The fourth-order valence-electron chi connectivity index (χ4n) is 6.27. The Morgan fingerprint density at radius 1 is 0.321 bits per heavy atom. The van der Waals surface area contributed by atoms with Crippen molar-refractivity contribution < 1.29 is 92.3 Å². The summed E-state index contributed by atoms with van der Waals surface area (Å²) in [4.78, 5) is 0. The van der Waals surface area contributed by atoms with Crippen molar-refractivity contribution in [2.45, 2.75) is 26.8 Å². The zero-order valence-corrected chi connectivity index (χ0v) is 27.2. The molecule has 0 aromatic heterocycles. The lowest BCUT2D eigenvalue weighted by Gasteiger charge is -2.45. The first kappa shape index (κ1) is 41.5. The molecule has 4 rings (SSSR count). The van der Waals surface area contributed by atoms with Gasteiger partial charge in [-0.2, -0.15) is 0 Å². The summed E-state index contributed by atoms with van der Waals surface area (Å²) in [7, 11) is -4.94. The van der Waals surface area contributed by atoms with Gasteiger partial charge in [0.2, 0.25) is 0 Å². The van der Waals surface area contributed by atoms with Crippen LogP contribution in [0.2, 0.25) is 6.04 Å². The van der Waals surface area contributed by atoms with Gasteiger partial charge in [-0.1, -0.05) is 6.92 Å². The van der Waals surface area contributed by atoms with Gasteiger partial charge in [0.25, 0.3) is 0 Å². The van der Waals surface area contributed by atoms with Crippen LogP contribution in [0.1, 0.15) is 20.8 Å². The predicted octanol–water partition coefficient (Wildman–Crippen LogP) is 6.45. The number of hydrogen-bond donors (Lipinski definition) is 0. The van der Waals surface area contributed by atoms with Crippen LogP contribution in [0.5, 0.6) is 0 Å². The van der Waals surface area contributed by atoms with Gasteiger partial charge in [0.1, 0.15) is 52.7 Å². The van der Waals surface area contributed by atoms with Crippen LogP contribution in [0.15, 0.2) is 0 Å².